The number of aliphatic imine (C=N–C) groups is 1. The van der Waals surface area contributed by atoms with Crippen molar-refractivity contribution in [2.75, 3.05) is 26.7 Å². The van der Waals surface area contributed by atoms with Gasteiger partial charge in [-0.05, 0) is 15.9 Å². The maximum Gasteiger partial charge on any atom is 0.241 e. The van der Waals surface area contributed by atoms with Crippen LogP contribution in [0.2, 0.25) is 0 Å². The summed E-state index contributed by atoms with van der Waals surface area (Å²) in [6.07, 6.45) is 0.726. The van der Waals surface area contributed by atoms with Gasteiger partial charge in [-0.2, -0.15) is 0 Å². The Hall–Kier alpha value is -1.08. The number of amidine groups is 1. The third-order valence-electron chi connectivity index (χ3n) is 2.61. The first kappa shape index (κ1) is 11.4. The molecule has 6 nitrogen and oxygen atoms in total. The van der Waals surface area contributed by atoms with Gasteiger partial charge in [-0.3, -0.25) is 4.79 Å². The van der Waals surface area contributed by atoms with Gasteiger partial charge in [-0.1, -0.05) is 0 Å². The highest BCUT2D eigenvalue weighted by Crippen LogP contribution is 2.14. The highest BCUT2D eigenvalue weighted by atomic mass is 79.9. The molecule has 2 heterocycles. The minimum Gasteiger partial charge on any atom is -0.367 e. The van der Waals surface area contributed by atoms with E-state index >= 15 is 0 Å². The van der Waals surface area contributed by atoms with Crippen LogP contribution >= 0.6 is 15.9 Å². The third-order valence-corrected chi connectivity index (χ3v) is 3.01. The fourth-order valence-corrected chi connectivity index (χ4v) is 1.94. The van der Waals surface area contributed by atoms with Crippen LogP contribution < -0.4 is 5.32 Å². The number of nitrogens with one attached hydrogen (secondary N) is 1. The Kier molecular flexibility index (Phi) is 3.15. The standard InChI is InChI=1S/C9H13BrN4O2/c1-13-2-3-14(5-7(13)15)8-9(16)11-4-6(10)12-8/h4,9,11,16H,2-3,5H2,1H3. The molecule has 1 amide bonds. The Morgan fingerprint density at radius 1 is 1.62 bits per heavy atom. The number of carbonyl (C=O) groups is 1. The Morgan fingerprint density at radius 3 is 3.06 bits per heavy atom. The van der Waals surface area contributed by atoms with Gasteiger partial charge in [0.1, 0.15) is 4.61 Å². The molecule has 88 valence electrons. The first-order valence-electron chi connectivity index (χ1n) is 4.95. The monoisotopic (exact) mass is 288 g/mol. The van der Waals surface area contributed by atoms with Crippen molar-refractivity contribution in [1.82, 2.24) is 15.1 Å². The van der Waals surface area contributed by atoms with Crippen LogP contribution in [-0.2, 0) is 4.79 Å². The predicted molar refractivity (Wildman–Crippen MR) is 62.8 cm³/mol. The molecule has 0 aromatic carbocycles. The van der Waals surface area contributed by atoms with Gasteiger partial charge in [0.15, 0.2) is 12.1 Å². The summed E-state index contributed by atoms with van der Waals surface area (Å²) in [5, 5.41) is 12.5. The number of halogens is 1. The van der Waals surface area contributed by atoms with Crippen molar-refractivity contribution in [2.45, 2.75) is 6.23 Å². The van der Waals surface area contributed by atoms with E-state index in [0.717, 1.165) is 0 Å². The molecule has 0 saturated carbocycles. The van der Waals surface area contributed by atoms with Crippen LogP contribution in [0.25, 0.3) is 0 Å². The van der Waals surface area contributed by atoms with Crippen LogP contribution in [0.5, 0.6) is 0 Å². The van der Waals surface area contributed by atoms with Crippen molar-refractivity contribution in [2.24, 2.45) is 4.99 Å². The summed E-state index contributed by atoms with van der Waals surface area (Å²) in [6.45, 7) is 1.58. The molecular weight excluding hydrogens is 276 g/mol. The first-order chi connectivity index (χ1) is 7.58. The lowest BCUT2D eigenvalue weighted by molar-refractivity contribution is -0.132. The van der Waals surface area contributed by atoms with Crippen molar-refractivity contribution in [3.63, 3.8) is 0 Å². The minimum absolute atomic E-state index is 0.0341. The van der Waals surface area contributed by atoms with Gasteiger partial charge in [0.2, 0.25) is 5.91 Å². The summed E-state index contributed by atoms with van der Waals surface area (Å²) in [5.41, 5.74) is 0. The van der Waals surface area contributed by atoms with Crippen molar-refractivity contribution < 1.29 is 9.90 Å². The van der Waals surface area contributed by atoms with E-state index in [-0.39, 0.29) is 12.5 Å². The second-order valence-corrected chi connectivity index (χ2v) is 4.56. The van der Waals surface area contributed by atoms with Gasteiger partial charge in [0, 0.05) is 26.3 Å². The Morgan fingerprint density at radius 2 is 2.38 bits per heavy atom. The minimum atomic E-state index is -0.850. The Labute approximate surface area is 102 Å². The SMILES string of the molecule is CN1CCN(C2=NC(Br)=CNC2O)CC1=O. The zero-order valence-corrected chi connectivity index (χ0v) is 10.4. The van der Waals surface area contributed by atoms with Crippen LogP contribution in [0.3, 0.4) is 0 Å². The lowest BCUT2D eigenvalue weighted by Gasteiger charge is -2.36. The second kappa shape index (κ2) is 4.42. The molecule has 0 aromatic rings. The molecule has 0 bridgehead atoms. The van der Waals surface area contributed by atoms with Gasteiger partial charge < -0.3 is 20.2 Å². The number of likely N-dealkylation sites (N-methyl/N-ethyl adjacent to an activating group) is 1. The van der Waals surface area contributed by atoms with E-state index in [0.29, 0.717) is 23.5 Å². The maximum atomic E-state index is 11.5. The molecule has 0 aromatic heterocycles. The molecule has 0 radical (unpaired) electrons. The highest BCUT2D eigenvalue weighted by molar-refractivity contribution is 9.11. The fraction of sp³-hybridized carbons (Fsp3) is 0.556. The molecule has 1 unspecified atom stereocenters. The third kappa shape index (κ3) is 2.19. The number of rotatable bonds is 0. The first-order valence-corrected chi connectivity index (χ1v) is 5.74. The average Bonchev–Trinajstić information content (AvgIpc) is 2.26. The molecule has 2 rings (SSSR count). The highest BCUT2D eigenvalue weighted by Gasteiger charge is 2.28. The molecule has 0 aliphatic carbocycles. The van der Waals surface area contributed by atoms with E-state index in [9.17, 15) is 9.90 Å². The van der Waals surface area contributed by atoms with Crippen LogP contribution in [0.4, 0.5) is 0 Å². The van der Waals surface area contributed by atoms with E-state index in [4.69, 9.17) is 0 Å². The summed E-state index contributed by atoms with van der Waals surface area (Å²) in [7, 11) is 1.77. The van der Waals surface area contributed by atoms with Gasteiger partial charge in [-0.25, -0.2) is 4.99 Å². The summed E-state index contributed by atoms with van der Waals surface area (Å²) in [5.74, 6) is 0.516. The number of piperazine rings is 1. The number of amides is 1. The molecule has 0 spiro atoms. The smallest absolute Gasteiger partial charge is 0.241 e. The Bertz CT molecular complexity index is 369. The quantitative estimate of drug-likeness (QED) is 0.577. The maximum absolute atomic E-state index is 11.5. The molecular formula is C9H13BrN4O2. The molecule has 2 aliphatic rings. The molecule has 16 heavy (non-hydrogen) atoms. The summed E-state index contributed by atoms with van der Waals surface area (Å²) >= 11 is 3.23. The Balaban J connectivity index is 2.13. The second-order valence-electron chi connectivity index (χ2n) is 3.74. The van der Waals surface area contributed by atoms with Gasteiger partial charge in [-0.15, -0.1) is 0 Å². The number of nitrogens with zero attached hydrogens (tertiary/aromatic N) is 3. The van der Waals surface area contributed by atoms with E-state index in [1.165, 1.54) is 0 Å². The van der Waals surface area contributed by atoms with Crippen molar-refractivity contribution >= 4 is 27.7 Å². The summed E-state index contributed by atoms with van der Waals surface area (Å²) in [6, 6.07) is 0. The molecule has 1 saturated heterocycles. The number of aliphatic hydroxyl groups excluding tert-OH is 1. The van der Waals surface area contributed by atoms with Crippen molar-refractivity contribution in [1.29, 1.82) is 0 Å². The lowest BCUT2D eigenvalue weighted by Crippen LogP contribution is -2.55. The van der Waals surface area contributed by atoms with E-state index < -0.39 is 6.23 Å². The van der Waals surface area contributed by atoms with Crippen LogP contribution in [0.1, 0.15) is 0 Å². The van der Waals surface area contributed by atoms with E-state index in [2.05, 4.69) is 26.2 Å². The number of hydrogen-bond acceptors (Lipinski definition) is 5. The topological polar surface area (TPSA) is 68.2 Å². The number of hydrogen-bond donors (Lipinski definition) is 2. The fourth-order valence-electron chi connectivity index (χ4n) is 1.62. The molecule has 2 aliphatic heterocycles. The normalized spacial score (nSPS) is 26.2. The molecule has 2 N–H and O–H groups in total. The summed E-state index contributed by atoms with van der Waals surface area (Å²) in [4.78, 5) is 19.2. The van der Waals surface area contributed by atoms with Gasteiger partial charge in [0.05, 0.1) is 6.54 Å². The van der Waals surface area contributed by atoms with E-state index in [1.54, 1.807) is 23.0 Å². The van der Waals surface area contributed by atoms with Crippen LogP contribution in [0, 0.1) is 0 Å². The lowest BCUT2D eigenvalue weighted by atomic mass is 10.3. The van der Waals surface area contributed by atoms with Crippen molar-refractivity contribution in [3.05, 3.63) is 10.8 Å². The summed E-state index contributed by atoms with van der Waals surface area (Å²) < 4.78 is 0.610. The molecule has 1 atom stereocenters. The average molecular weight is 289 g/mol. The van der Waals surface area contributed by atoms with Crippen molar-refractivity contribution in [3.8, 4) is 0 Å². The molecule has 7 heteroatoms. The molecule has 1 fully saturated rings. The van der Waals surface area contributed by atoms with E-state index in [1.807, 2.05) is 0 Å². The zero-order valence-electron chi connectivity index (χ0n) is 8.85. The van der Waals surface area contributed by atoms with Gasteiger partial charge in [0.25, 0.3) is 0 Å². The number of carbonyl (C=O) groups excluding carboxylic acids is 1. The van der Waals surface area contributed by atoms with Crippen LogP contribution in [0.15, 0.2) is 15.8 Å². The van der Waals surface area contributed by atoms with Gasteiger partial charge >= 0.3 is 0 Å². The predicted octanol–water partition coefficient (Wildman–Crippen LogP) is -0.726. The van der Waals surface area contributed by atoms with Crippen LogP contribution in [-0.4, -0.2) is 59.6 Å². The largest absolute Gasteiger partial charge is 0.367 e. The number of aliphatic hydroxyl groups is 1. The zero-order chi connectivity index (χ0) is 11.7.